The molecule has 0 amide bonds. The lowest BCUT2D eigenvalue weighted by Crippen LogP contribution is -2.06. The number of imidazole rings is 1. The molecule has 12 aromatic rings. The number of fused-ring (bicyclic) bond motifs is 10. The minimum Gasteiger partial charge on any atom is -0.279 e. The third kappa shape index (κ3) is 4.47. The van der Waals surface area contributed by atoms with Gasteiger partial charge in [0.15, 0.2) is 0 Å². The maximum Gasteiger partial charge on any atom is 0.221 e. The highest BCUT2D eigenvalue weighted by atomic mass is 15.2. The van der Waals surface area contributed by atoms with E-state index in [9.17, 15) is 0 Å². The lowest BCUT2D eigenvalue weighted by Gasteiger charge is -2.18. The van der Waals surface area contributed by atoms with Crippen molar-refractivity contribution in [1.29, 1.82) is 0 Å². The fraction of sp³-hybridized carbons (Fsp3) is 0. The average Bonchev–Trinajstić information content (AvgIpc) is 3.82. The van der Waals surface area contributed by atoms with Crippen molar-refractivity contribution in [2.45, 2.75) is 0 Å². The van der Waals surface area contributed by atoms with E-state index in [1.807, 2.05) is 6.07 Å². The van der Waals surface area contributed by atoms with E-state index < -0.39 is 0 Å². The van der Waals surface area contributed by atoms with Crippen LogP contribution in [-0.4, -0.2) is 18.9 Å². The minimum atomic E-state index is 0.824. The standard InChI is InChI=1S/C52H32N4/c1-2-14-33(15-3-1)34-26-28-35(29-27-34)49-38-17-4-6-19-40(38)50(41-20-7-5-18-39(41)49)36-30-31-47-43(32-36)37-16-9-12-24-46(37)55(47)52-54-44-22-10-8-21-42(44)51-53-45-23-11-13-25-48(45)56(51)52/h1-32H. The van der Waals surface area contributed by atoms with Crippen LogP contribution in [-0.2, 0) is 0 Å². The van der Waals surface area contributed by atoms with Crippen molar-refractivity contribution in [1.82, 2.24) is 18.9 Å². The van der Waals surface area contributed by atoms with E-state index >= 15 is 0 Å². The lowest BCUT2D eigenvalue weighted by atomic mass is 9.85. The molecule has 0 aliphatic rings. The monoisotopic (exact) mass is 712 g/mol. The highest BCUT2D eigenvalue weighted by Gasteiger charge is 2.22. The van der Waals surface area contributed by atoms with E-state index in [0.717, 1.165) is 44.6 Å². The Morgan fingerprint density at radius 1 is 0.304 bits per heavy atom. The molecule has 0 unspecified atom stereocenters. The summed E-state index contributed by atoms with van der Waals surface area (Å²) < 4.78 is 4.55. The predicted molar refractivity (Wildman–Crippen MR) is 234 cm³/mol. The third-order valence-corrected chi connectivity index (χ3v) is 11.5. The Labute approximate surface area is 322 Å². The van der Waals surface area contributed by atoms with Gasteiger partial charge in [-0.2, -0.15) is 0 Å². The zero-order valence-corrected chi connectivity index (χ0v) is 30.3. The molecule has 0 aliphatic heterocycles. The van der Waals surface area contributed by atoms with E-state index in [-0.39, 0.29) is 0 Å². The van der Waals surface area contributed by atoms with Crippen molar-refractivity contribution in [3.63, 3.8) is 0 Å². The molecule has 0 bridgehead atoms. The van der Waals surface area contributed by atoms with Gasteiger partial charge in [-0.05, 0) is 97.4 Å². The molecule has 12 rings (SSSR count). The highest BCUT2D eigenvalue weighted by molar-refractivity contribution is 6.22. The van der Waals surface area contributed by atoms with E-state index in [0.29, 0.717) is 0 Å². The van der Waals surface area contributed by atoms with Gasteiger partial charge in [-0.25, -0.2) is 9.97 Å². The molecule has 0 atom stereocenters. The van der Waals surface area contributed by atoms with Crippen LogP contribution in [0.5, 0.6) is 0 Å². The first-order valence-electron chi connectivity index (χ1n) is 19.1. The van der Waals surface area contributed by atoms with Crippen LogP contribution in [0, 0.1) is 0 Å². The summed E-state index contributed by atoms with van der Waals surface area (Å²) in [6.45, 7) is 0. The Balaban J connectivity index is 1.12. The summed E-state index contributed by atoms with van der Waals surface area (Å²) in [6.07, 6.45) is 0. The van der Waals surface area contributed by atoms with Crippen molar-refractivity contribution < 1.29 is 0 Å². The average molecular weight is 713 g/mol. The molecule has 3 aromatic heterocycles. The van der Waals surface area contributed by atoms with Crippen LogP contribution in [0.4, 0.5) is 0 Å². The third-order valence-electron chi connectivity index (χ3n) is 11.5. The zero-order valence-electron chi connectivity index (χ0n) is 30.3. The van der Waals surface area contributed by atoms with Gasteiger partial charge in [0.25, 0.3) is 0 Å². The SMILES string of the molecule is c1ccc(-c2ccc(-c3c4ccccc4c(-c4ccc5c(c4)c4ccccc4n5-c4nc5ccccc5c5nc6ccccc6n45)c4ccccc34)cc2)cc1. The molecular weight excluding hydrogens is 681 g/mol. The van der Waals surface area contributed by atoms with Gasteiger partial charge in [-0.3, -0.25) is 8.97 Å². The molecule has 4 heteroatoms. The van der Waals surface area contributed by atoms with Gasteiger partial charge < -0.3 is 0 Å². The van der Waals surface area contributed by atoms with Gasteiger partial charge in [-0.1, -0.05) is 152 Å². The Hall–Kier alpha value is -7.56. The van der Waals surface area contributed by atoms with Crippen LogP contribution in [0.2, 0.25) is 0 Å². The Bertz CT molecular complexity index is 3460. The molecule has 0 fully saturated rings. The molecule has 260 valence electrons. The summed E-state index contributed by atoms with van der Waals surface area (Å²) in [7, 11) is 0. The fourth-order valence-corrected chi connectivity index (χ4v) is 9.03. The smallest absolute Gasteiger partial charge is 0.221 e. The van der Waals surface area contributed by atoms with Gasteiger partial charge in [0.2, 0.25) is 5.95 Å². The van der Waals surface area contributed by atoms with Crippen molar-refractivity contribution in [2.75, 3.05) is 0 Å². The second kappa shape index (κ2) is 12.0. The van der Waals surface area contributed by atoms with Crippen LogP contribution in [0.1, 0.15) is 0 Å². The van der Waals surface area contributed by atoms with Gasteiger partial charge >= 0.3 is 0 Å². The fourth-order valence-electron chi connectivity index (χ4n) is 9.03. The van der Waals surface area contributed by atoms with Crippen molar-refractivity contribution in [2.24, 2.45) is 0 Å². The first-order chi connectivity index (χ1) is 27.8. The first-order valence-corrected chi connectivity index (χ1v) is 19.1. The molecule has 0 aliphatic carbocycles. The predicted octanol–water partition coefficient (Wildman–Crippen LogP) is 13.4. The van der Waals surface area contributed by atoms with Crippen LogP contribution < -0.4 is 0 Å². The van der Waals surface area contributed by atoms with Crippen LogP contribution in [0.3, 0.4) is 0 Å². The Kier molecular flexibility index (Phi) is 6.60. The van der Waals surface area contributed by atoms with Crippen molar-refractivity contribution in [3.05, 3.63) is 194 Å². The van der Waals surface area contributed by atoms with Gasteiger partial charge in [0, 0.05) is 16.2 Å². The quantitative estimate of drug-likeness (QED) is 0.170. The molecule has 0 spiro atoms. The number of nitrogens with zero attached hydrogens (tertiary/aromatic N) is 4. The summed E-state index contributed by atoms with van der Waals surface area (Å²) in [4.78, 5) is 10.5. The number of para-hydroxylation sites is 4. The molecular formula is C52H32N4. The largest absolute Gasteiger partial charge is 0.279 e. The van der Waals surface area contributed by atoms with E-state index in [2.05, 4.69) is 197 Å². The van der Waals surface area contributed by atoms with Crippen LogP contribution in [0.25, 0.3) is 110 Å². The second-order valence-electron chi connectivity index (χ2n) is 14.6. The minimum absolute atomic E-state index is 0.824. The Morgan fingerprint density at radius 3 is 1.48 bits per heavy atom. The second-order valence-corrected chi connectivity index (χ2v) is 14.6. The normalized spacial score (nSPS) is 11.9. The van der Waals surface area contributed by atoms with Gasteiger partial charge in [-0.15, -0.1) is 0 Å². The molecule has 0 radical (unpaired) electrons. The summed E-state index contributed by atoms with van der Waals surface area (Å²) in [5.74, 6) is 0.824. The van der Waals surface area contributed by atoms with E-state index in [1.165, 1.54) is 65.7 Å². The molecule has 3 heterocycles. The molecule has 0 saturated carbocycles. The van der Waals surface area contributed by atoms with Crippen molar-refractivity contribution >= 4 is 70.9 Å². The van der Waals surface area contributed by atoms with Crippen molar-refractivity contribution in [3.8, 4) is 39.3 Å². The zero-order chi connectivity index (χ0) is 36.7. The summed E-state index contributed by atoms with van der Waals surface area (Å²) in [5.41, 5.74) is 13.3. The summed E-state index contributed by atoms with van der Waals surface area (Å²) in [5, 5.41) is 8.35. The molecule has 0 N–H and O–H groups in total. The summed E-state index contributed by atoms with van der Waals surface area (Å²) >= 11 is 0. The van der Waals surface area contributed by atoms with Gasteiger partial charge in [0.05, 0.1) is 27.6 Å². The van der Waals surface area contributed by atoms with E-state index in [1.54, 1.807) is 0 Å². The molecule has 0 saturated heterocycles. The molecule has 9 aromatic carbocycles. The van der Waals surface area contributed by atoms with Crippen LogP contribution >= 0.6 is 0 Å². The number of hydrogen-bond donors (Lipinski definition) is 0. The number of rotatable bonds is 4. The number of hydrogen-bond acceptors (Lipinski definition) is 2. The first kappa shape index (κ1) is 30.9. The lowest BCUT2D eigenvalue weighted by molar-refractivity contribution is 0.979. The topological polar surface area (TPSA) is 35.1 Å². The Morgan fingerprint density at radius 2 is 0.786 bits per heavy atom. The van der Waals surface area contributed by atoms with E-state index in [4.69, 9.17) is 9.97 Å². The summed E-state index contributed by atoms with van der Waals surface area (Å²) in [6, 6.07) is 69.8. The highest BCUT2D eigenvalue weighted by Crippen LogP contribution is 2.45. The maximum atomic E-state index is 5.38. The number of aromatic nitrogens is 4. The number of benzene rings is 9. The molecule has 4 nitrogen and oxygen atoms in total. The van der Waals surface area contributed by atoms with Gasteiger partial charge in [0.1, 0.15) is 5.65 Å². The van der Waals surface area contributed by atoms with Crippen LogP contribution in [0.15, 0.2) is 194 Å². The maximum absolute atomic E-state index is 5.38. The molecule has 56 heavy (non-hydrogen) atoms.